The van der Waals surface area contributed by atoms with Gasteiger partial charge in [0.15, 0.2) is 0 Å². The van der Waals surface area contributed by atoms with Crippen molar-refractivity contribution < 1.29 is 30.3 Å². The maximum atomic E-state index is 10.4. The van der Waals surface area contributed by atoms with Crippen LogP contribution in [-0.2, 0) is 4.74 Å². The highest BCUT2D eigenvalue weighted by molar-refractivity contribution is 5.53. The lowest BCUT2D eigenvalue weighted by Gasteiger charge is -2.34. The zero-order chi connectivity index (χ0) is 16.0. The lowest BCUT2D eigenvalue weighted by atomic mass is 9.89. The number of rotatable bonds is 7. The van der Waals surface area contributed by atoms with Crippen molar-refractivity contribution in [2.24, 2.45) is 0 Å². The van der Waals surface area contributed by atoms with Crippen molar-refractivity contribution in [1.82, 2.24) is 0 Å². The van der Waals surface area contributed by atoms with Gasteiger partial charge in [-0.1, -0.05) is 30.3 Å². The maximum Gasteiger partial charge on any atom is 0.147 e. The first kappa shape index (κ1) is 17.6. The van der Waals surface area contributed by atoms with Crippen LogP contribution in [0.25, 0.3) is 6.08 Å². The highest BCUT2D eigenvalue weighted by Crippen LogP contribution is 2.26. The summed E-state index contributed by atoms with van der Waals surface area (Å²) in [6, 6.07) is 8.99. The van der Waals surface area contributed by atoms with Gasteiger partial charge in [0.05, 0.1) is 13.7 Å². The van der Waals surface area contributed by atoms with Crippen LogP contribution in [0, 0.1) is 0 Å². The standard InChI is InChI=1S/C15H22O6/c1-15(20,14(19)13(18)11(17)9-16)12(21-2)8-10-6-4-3-5-7-10/h3-8,11,13-14,16-20H,9H2,1-2H3. The topological polar surface area (TPSA) is 110 Å². The van der Waals surface area contributed by atoms with Crippen LogP contribution in [0.1, 0.15) is 12.5 Å². The van der Waals surface area contributed by atoms with Crippen LogP contribution in [-0.4, -0.2) is 63.2 Å². The Morgan fingerprint density at radius 3 is 2.29 bits per heavy atom. The van der Waals surface area contributed by atoms with E-state index in [1.807, 2.05) is 6.07 Å². The van der Waals surface area contributed by atoms with E-state index in [0.717, 1.165) is 5.56 Å². The Morgan fingerprint density at radius 2 is 1.81 bits per heavy atom. The molecule has 21 heavy (non-hydrogen) atoms. The molecule has 4 atom stereocenters. The molecule has 1 aromatic rings. The molecule has 0 aliphatic heterocycles. The Balaban J connectivity index is 3.04. The SMILES string of the molecule is COC(=Cc1ccccc1)C(C)(O)C(O)C(O)C(O)CO. The molecule has 4 unspecified atom stereocenters. The third-order valence-electron chi connectivity index (χ3n) is 3.30. The van der Waals surface area contributed by atoms with E-state index in [1.165, 1.54) is 20.1 Å². The number of benzene rings is 1. The molecule has 0 fully saturated rings. The van der Waals surface area contributed by atoms with Crippen molar-refractivity contribution in [2.45, 2.75) is 30.8 Å². The van der Waals surface area contributed by atoms with E-state index in [2.05, 4.69) is 0 Å². The predicted molar refractivity (Wildman–Crippen MR) is 77.2 cm³/mol. The highest BCUT2D eigenvalue weighted by Gasteiger charge is 2.42. The molecule has 0 aliphatic carbocycles. The van der Waals surface area contributed by atoms with Crippen LogP contribution in [0.3, 0.4) is 0 Å². The minimum absolute atomic E-state index is 0.0189. The van der Waals surface area contributed by atoms with Crippen molar-refractivity contribution in [3.63, 3.8) is 0 Å². The summed E-state index contributed by atoms with van der Waals surface area (Å²) in [6.07, 6.45) is -3.52. The second kappa shape index (κ2) is 7.53. The Morgan fingerprint density at radius 1 is 1.24 bits per heavy atom. The molecular weight excluding hydrogens is 276 g/mol. The summed E-state index contributed by atoms with van der Waals surface area (Å²) in [7, 11) is 1.32. The van der Waals surface area contributed by atoms with Gasteiger partial charge in [-0.2, -0.15) is 0 Å². The van der Waals surface area contributed by atoms with Crippen LogP contribution >= 0.6 is 0 Å². The molecule has 118 valence electrons. The number of ether oxygens (including phenoxy) is 1. The highest BCUT2D eigenvalue weighted by atomic mass is 16.5. The van der Waals surface area contributed by atoms with Crippen molar-refractivity contribution >= 4 is 6.08 Å². The molecule has 0 spiro atoms. The van der Waals surface area contributed by atoms with Crippen LogP contribution < -0.4 is 0 Å². The number of aliphatic hydroxyl groups is 5. The molecule has 0 radical (unpaired) electrons. The molecule has 0 saturated heterocycles. The molecule has 0 saturated carbocycles. The first-order valence-electron chi connectivity index (χ1n) is 6.53. The summed E-state index contributed by atoms with van der Waals surface area (Å²) in [5.74, 6) is 0.0189. The fourth-order valence-electron chi connectivity index (χ4n) is 1.91. The first-order valence-corrected chi connectivity index (χ1v) is 6.53. The summed E-state index contributed by atoms with van der Waals surface area (Å²) in [6.45, 7) is 0.516. The number of hydrogen-bond donors (Lipinski definition) is 5. The lowest BCUT2D eigenvalue weighted by Crippen LogP contribution is -2.53. The van der Waals surface area contributed by atoms with Crippen molar-refractivity contribution in [1.29, 1.82) is 0 Å². The third kappa shape index (κ3) is 4.26. The molecular formula is C15H22O6. The molecule has 0 aliphatic rings. The molecule has 0 aromatic heterocycles. The van der Waals surface area contributed by atoms with E-state index in [0.29, 0.717) is 0 Å². The summed E-state index contributed by atoms with van der Waals surface area (Å²) >= 11 is 0. The van der Waals surface area contributed by atoms with Gasteiger partial charge >= 0.3 is 0 Å². The number of methoxy groups -OCH3 is 1. The van der Waals surface area contributed by atoms with E-state index >= 15 is 0 Å². The van der Waals surface area contributed by atoms with Gasteiger partial charge in [0, 0.05) is 0 Å². The van der Waals surface area contributed by atoms with E-state index in [4.69, 9.17) is 9.84 Å². The zero-order valence-electron chi connectivity index (χ0n) is 12.0. The number of hydrogen-bond acceptors (Lipinski definition) is 6. The lowest BCUT2D eigenvalue weighted by molar-refractivity contribution is -0.149. The van der Waals surface area contributed by atoms with Crippen molar-refractivity contribution in [3.05, 3.63) is 41.7 Å². The monoisotopic (exact) mass is 298 g/mol. The average molecular weight is 298 g/mol. The van der Waals surface area contributed by atoms with Gasteiger partial charge in [0.1, 0.15) is 29.7 Å². The zero-order valence-corrected chi connectivity index (χ0v) is 12.0. The smallest absolute Gasteiger partial charge is 0.147 e. The van der Waals surface area contributed by atoms with Crippen molar-refractivity contribution in [3.8, 4) is 0 Å². The van der Waals surface area contributed by atoms with Gasteiger partial charge in [0.25, 0.3) is 0 Å². The summed E-state index contributed by atoms with van der Waals surface area (Å²) in [5, 5.41) is 48.4. The Labute approximate surface area is 123 Å². The van der Waals surface area contributed by atoms with Gasteiger partial charge in [-0.25, -0.2) is 0 Å². The quantitative estimate of drug-likeness (QED) is 0.434. The summed E-state index contributed by atoms with van der Waals surface area (Å²) < 4.78 is 5.10. The van der Waals surface area contributed by atoms with Crippen molar-refractivity contribution in [2.75, 3.05) is 13.7 Å². The number of aliphatic hydroxyl groups excluding tert-OH is 4. The molecule has 0 amide bonds. The fraction of sp³-hybridized carbons (Fsp3) is 0.467. The van der Waals surface area contributed by atoms with E-state index in [9.17, 15) is 20.4 Å². The predicted octanol–water partition coefficient (Wildman–Crippen LogP) is -0.500. The summed E-state index contributed by atoms with van der Waals surface area (Å²) in [4.78, 5) is 0. The summed E-state index contributed by atoms with van der Waals surface area (Å²) in [5.41, 5.74) is -1.21. The molecule has 1 rings (SSSR count). The minimum Gasteiger partial charge on any atom is -0.498 e. The van der Waals surface area contributed by atoms with Gasteiger partial charge in [-0.05, 0) is 18.6 Å². The fourth-order valence-corrected chi connectivity index (χ4v) is 1.91. The van der Waals surface area contributed by atoms with Gasteiger partial charge in [-0.3, -0.25) is 0 Å². The second-order valence-electron chi connectivity index (χ2n) is 4.96. The second-order valence-corrected chi connectivity index (χ2v) is 4.96. The molecule has 0 bridgehead atoms. The van der Waals surface area contributed by atoms with Crippen LogP contribution in [0.2, 0.25) is 0 Å². The van der Waals surface area contributed by atoms with E-state index in [-0.39, 0.29) is 5.76 Å². The molecule has 6 nitrogen and oxygen atoms in total. The van der Waals surface area contributed by atoms with Crippen LogP contribution in [0.15, 0.2) is 36.1 Å². The van der Waals surface area contributed by atoms with Gasteiger partial charge in [-0.15, -0.1) is 0 Å². The maximum absolute atomic E-state index is 10.4. The Kier molecular flexibility index (Phi) is 6.32. The van der Waals surface area contributed by atoms with Gasteiger partial charge in [0.2, 0.25) is 0 Å². The normalized spacial score (nSPS) is 19.5. The minimum atomic E-state index is -1.94. The van der Waals surface area contributed by atoms with Crippen LogP contribution in [0.4, 0.5) is 0 Å². The Bertz CT molecular complexity index is 456. The van der Waals surface area contributed by atoms with Gasteiger partial charge < -0.3 is 30.3 Å². The Hall–Kier alpha value is -1.44. The average Bonchev–Trinajstić information content (AvgIpc) is 2.50. The molecule has 5 N–H and O–H groups in total. The van der Waals surface area contributed by atoms with Crippen LogP contribution in [0.5, 0.6) is 0 Å². The largest absolute Gasteiger partial charge is 0.498 e. The third-order valence-corrected chi connectivity index (χ3v) is 3.30. The first-order chi connectivity index (χ1) is 9.84. The molecule has 6 heteroatoms. The van der Waals surface area contributed by atoms with E-state index < -0.39 is 30.5 Å². The van der Waals surface area contributed by atoms with E-state index in [1.54, 1.807) is 24.3 Å². The molecule has 0 heterocycles. The molecule has 1 aromatic carbocycles.